The summed E-state index contributed by atoms with van der Waals surface area (Å²) in [6, 6.07) is 18.5. The number of ether oxygens (including phenoxy) is 3. The highest BCUT2D eigenvalue weighted by atomic mass is 16.5. The molecule has 0 spiro atoms. The summed E-state index contributed by atoms with van der Waals surface area (Å²) < 4.78 is 16.3. The molecule has 180 valence electrons. The Hall–Kier alpha value is -4.26. The quantitative estimate of drug-likeness (QED) is 0.294. The molecule has 1 amide bonds. The van der Waals surface area contributed by atoms with Crippen molar-refractivity contribution in [2.24, 2.45) is 0 Å². The van der Waals surface area contributed by atoms with Crippen molar-refractivity contribution in [3.05, 3.63) is 89.0 Å². The van der Waals surface area contributed by atoms with Gasteiger partial charge in [-0.15, -0.1) is 0 Å². The van der Waals surface area contributed by atoms with Crippen LogP contribution in [0.25, 0.3) is 5.76 Å². The van der Waals surface area contributed by atoms with Gasteiger partial charge in [0.25, 0.3) is 11.7 Å². The number of ketones is 1. The van der Waals surface area contributed by atoms with E-state index in [-0.39, 0.29) is 11.3 Å². The average molecular weight is 474 g/mol. The minimum Gasteiger partial charge on any atom is -0.507 e. The monoisotopic (exact) mass is 473 g/mol. The summed E-state index contributed by atoms with van der Waals surface area (Å²) in [5.74, 6) is -0.322. The molecule has 1 saturated heterocycles. The molecule has 35 heavy (non-hydrogen) atoms. The van der Waals surface area contributed by atoms with Crippen molar-refractivity contribution in [3.8, 4) is 17.2 Å². The first kappa shape index (κ1) is 23.9. The Kier molecular flexibility index (Phi) is 6.78. The van der Waals surface area contributed by atoms with Crippen molar-refractivity contribution < 1.29 is 28.9 Å². The molecule has 3 aromatic carbocycles. The van der Waals surface area contributed by atoms with E-state index in [9.17, 15) is 14.7 Å². The minimum absolute atomic E-state index is 0.0163. The Bertz CT molecular complexity index is 1310. The highest BCUT2D eigenvalue weighted by Crippen LogP contribution is 2.43. The van der Waals surface area contributed by atoms with Crippen LogP contribution < -0.4 is 19.1 Å². The van der Waals surface area contributed by atoms with E-state index >= 15 is 0 Å². The first-order valence-corrected chi connectivity index (χ1v) is 11.2. The molecule has 1 N–H and O–H groups in total. The lowest BCUT2D eigenvalue weighted by atomic mass is 9.94. The zero-order valence-electron chi connectivity index (χ0n) is 20.1. The largest absolute Gasteiger partial charge is 0.507 e. The van der Waals surface area contributed by atoms with Crippen LogP contribution in [0.4, 0.5) is 5.69 Å². The number of carbonyl (C=O) groups excluding carboxylic acids is 2. The number of aryl methyl sites for hydroxylation is 1. The molecule has 1 aliphatic rings. The lowest BCUT2D eigenvalue weighted by molar-refractivity contribution is -0.132. The second-order valence-electron chi connectivity index (χ2n) is 8.08. The van der Waals surface area contributed by atoms with Gasteiger partial charge in [-0.05, 0) is 67.4 Å². The lowest BCUT2D eigenvalue weighted by Gasteiger charge is -2.26. The summed E-state index contributed by atoms with van der Waals surface area (Å²) in [7, 11) is 2.99. The second kappa shape index (κ2) is 9.93. The third kappa shape index (κ3) is 4.45. The third-order valence-corrected chi connectivity index (χ3v) is 5.87. The van der Waals surface area contributed by atoms with Crippen LogP contribution in [-0.4, -0.2) is 37.6 Å². The van der Waals surface area contributed by atoms with Gasteiger partial charge < -0.3 is 19.3 Å². The van der Waals surface area contributed by atoms with Gasteiger partial charge in [0.05, 0.1) is 32.4 Å². The molecule has 0 aliphatic carbocycles. The van der Waals surface area contributed by atoms with Crippen LogP contribution in [0.3, 0.4) is 0 Å². The maximum Gasteiger partial charge on any atom is 0.300 e. The molecule has 7 heteroatoms. The molecule has 1 unspecified atom stereocenters. The number of aliphatic hydroxyl groups is 1. The zero-order valence-corrected chi connectivity index (χ0v) is 20.1. The van der Waals surface area contributed by atoms with Crippen molar-refractivity contribution in [3.63, 3.8) is 0 Å². The third-order valence-electron chi connectivity index (χ3n) is 5.87. The number of anilines is 1. The second-order valence-corrected chi connectivity index (χ2v) is 8.08. The van der Waals surface area contributed by atoms with Gasteiger partial charge in [0, 0.05) is 11.3 Å². The first-order chi connectivity index (χ1) is 16.9. The molecule has 0 saturated carbocycles. The highest BCUT2D eigenvalue weighted by Gasteiger charge is 2.47. The zero-order chi connectivity index (χ0) is 25.1. The first-order valence-electron chi connectivity index (χ1n) is 11.2. The van der Waals surface area contributed by atoms with E-state index < -0.39 is 17.7 Å². The average Bonchev–Trinajstić information content (AvgIpc) is 3.13. The van der Waals surface area contributed by atoms with Crippen LogP contribution in [0.2, 0.25) is 0 Å². The van der Waals surface area contributed by atoms with Crippen molar-refractivity contribution in [1.29, 1.82) is 0 Å². The number of carbonyl (C=O) groups is 2. The van der Waals surface area contributed by atoms with E-state index in [4.69, 9.17) is 14.2 Å². The van der Waals surface area contributed by atoms with Gasteiger partial charge in [-0.3, -0.25) is 14.5 Å². The molecule has 1 aliphatic heterocycles. The summed E-state index contributed by atoms with van der Waals surface area (Å²) in [4.78, 5) is 28.1. The minimum atomic E-state index is -0.856. The van der Waals surface area contributed by atoms with E-state index in [0.29, 0.717) is 40.7 Å². The number of hydrogen-bond acceptors (Lipinski definition) is 6. The molecular weight excluding hydrogens is 446 g/mol. The van der Waals surface area contributed by atoms with Crippen molar-refractivity contribution >= 4 is 23.1 Å². The van der Waals surface area contributed by atoms with Crippen LogP contribution >= 0.6 is 0 Å². The Balaban J connectivity index is 1.95. The van der Waals surface area contributed by atoms with Crippen LogP contribution in [0, 0.1) is 6.92 Å². The number of nitrogens with zero attached hydrogens (tertiary/aromatic N) is 1. The molecular formula is C28H27NO6. The molecule has 1 atom stereocenters. The summed E-state index contributed by atoms with van der Waals surface area (Å²) in [6.45, 7) is 4.25. The number of Topliss-reactive ketones (excluding diaryl/α,β-unsaturated/α-hetero) is 1. The SMILES string of the molecule is CCOc1cccc(C2/C(=C(\O)c3ccc(OC)c(OC)c3)C(=O)C(=O)N2c2cccc(C)c2)c1. The number of rotatable bonds is 7. The number of aliphatic hydroxyl groups excluding tert-OH is 1. The van der Waals surface area contributed by atoms with Gasteiger partial charge >= 0.3 is 0 Å². The van der Waals surface area contributed by atoms with Crippen LogP contribution in [0.5, 0.6) is 17.2 Å². The molecule has 4 rings (SSSR count). The Morgan fingerprint density at radius 1 is 0.943 bits per heavy atom. The molecule has 1 heterocycles. The Morgan fingerprint density at radius 3 is 2.37 bits per heavy atom. The fourth-order valence-electron chi connectivity index (χ4n) is 4.27. The van der Waals surface area contributed by atoms with E-state index in [1.165, 1.54) is 19.1 Å². The number of hydrogen-bond donors (Lipinski definition) is 1. The summed E-state index contributed by atoms with van der Waals surface area (Å²) in [5.41, 5.74) is 2.45. The molecule has 0 radical (unpaired) electrons. The summed E-state index contributed by atoms with van der Waals surface area (Å²) >= 11 is 0. The van der Waals surface area contributed by atoms with Crippen LogP contribution in [0.15, 0.2) is 72.3 Å². The smallest absolute Gasteiger partial charge is 0.300 e. The van der Waals surface area contributed by atoms with Crippen LogP contribution in [-0.2, 0) is 9.59 Å². The Labute approximate surface area is 204 Å². The van der Waals surface area contributed by atoms with Crippen molar-refractivity contribution in [2.75, 3.05) is 25.7 Å². The van der Waals surface area contributed by atoms with E-state index in [1.807, 2.05) is 38.1 Å². The van der Waals surface area contributed by atoms with Gasteiger partial charge in [-0.25, -0.2) is 0 Å². The number of methoxy groups -OCH3 is 2. The predicted molar refractivity (Wildman–Crippen MR) is 133 cm³/mol. The fourth-order valence-corrected chi connectivity index (χ4v) is 4.27. The normalized spacial score (nSPS) is 16.9. The van der Waals surface area contributed by atoms with Crippen molar-refractivity contribution in [1.82, 2.24) is 0 Å². The van der Waals surface area contributed by atoms with E-state index in [2.05, 4.69) is 0 Å². The van der Waals surface area contributed by atoms with Crippen LogP contribution in [0.1, 0.15) is 29.7 Å². The van der Waals surface area contributed by atoms with E-state index in [1.54, 1.807) is 42.5 Å². The lowest BCUT2D eigenvalue weighted by Crippen LogP contribution is -2.29. The predicted octanol–water partition coefficient (Wildman–Crippen LogP) is 5.04. The van der Waals surface area contributed by atoms with Gasteiger partial charge in [0.1, 0.15) is 11.5 Å². The molecule has 1 fully saturated rings. The summed E-state index contributed by atoms with van der Waals surface area (Å²) in [5, 5.41) is 11.4. The maximum atomic E-state index is 13.4. The highest BCUT2D eigenvalue weighted by molar-refractivity contribution is 6.51. The maximum absolute atomic E-state index is 13.4. The molecule has 0 bridgehead atoms. The number of benzene rings is 3. The van der Waals surface area contributed by atoms with Gasteiger partial charge in [0.15, 0.2) is 11.5 Å². The molecule has 0 aromatic heterocycles. The van der Waals surface area contributed by atoms with Gasteiger partial charge in [0.2, 0.25) is 0 Å². The summed E-state index contributed by atoms with van der Waals surface area (Å²) in [6.07, 6.45) is 0. The molecule has 7 nitrogen and oxygen atoms in total. The fraction of sp³-hybridized carbons (Fsp3) is 0.214. The molecule has 3 aromatic rings. The van der Waals surface area contributed by atoms with Gasteiger partial charge in [-0.2, -0.15) is 0 Å². The van der Waals surface area contributed by atoms with Crippen molar-refractivity contribution in [2.45, 2.75) is 19.9 Å². The van der Waals surface area contributed by atoms with Gasteiger partial charge in [-0.1, -0.05) is 24.3 Å². The van der Waals surface area contributed by atoms with E-state index in [0.717, 1.165) is 5.56 Å². The number of amides is 1. The Morgan fingerprint density at radius 2 is 1.69 bits per heavy atom. The standard InChI is InChI=1S/C28H27NO6/c1-5-35-21-11-7-9-18(15-21)25-24(26(30)19-12-13-22(33-3)23(16-19)34-4)27(31)28(32)29(25)20-10-6-8-17(2)14-20/h6-16,25,30H,5H2,1-4H3/b26-24+. The topological polar surface area (TPSA) is 85.3 Å².